The van der Waals surface area contributed by atoms with E-state index in [9.17, 15) is 0 Å². The molecule has 3 heteroatoms. The van der Waals surface area contributed by atoms with Gasteiger partial charge in [-0.2, -0.15) is 0 Å². The van der Waals surface area contributed by atoms with E-state index in [1.54, 1.807) is 0 Å². The molecule has 0 unspecified atom stereocenters. The Bertz CT molecular complexity index is 501. The maximum atomic E-state index is 5.02. The molecule has 0 amide bonds. The van der Waals surface area contributed by atoms with Crippen LogP contribution in [-0.4, -0.2) is 16.1 Å². The van der Waals surface area contributed by atoms with Crippen LogP contribution in [0.15, 0.2) is 0 Å². The van der Waals surface area contributed by atoms with E-state index in [0.717, 1.165) is 19.5 Å². The molecule has 2 heterocycles. The van der Waals surface area contributed by atoms with E-state index in [1.165, 1.54) is 55.9 Å². The summed E-state index contributed by atoms with van der Waals surface area (Å²) in [5.74, 6) is 1.29. The summed E-state index contributed by atoms with van der Waals surface area (Å²) in [6.07, 6.45) is 8.12. The maximum absolute atomic E-state index is 5.02. The summed E-state index contributed by atoms with van der Waals surface area (Å²) in [4.78, 5) is 5.02. The van der Waals surface area contributed by atoms with Crippen molar-refractivity contribution in [3.63, 3.8) is 0 Å². The largest absolute Gasteiger partial charge is 0.331 e. The lowest BCUT2D eigenvalue weighted by Crippen LogP contribution is -2.32. The minimum Gasteiger partial charge on any atom is -0.331 e. The third-order valence-electron chi connectivity index (χ3n) is 5.26. The molecule has 0 saturated heterocycles. The quantitative estimate of drug-likeness (QED) is 0.897. The van der Waals surface area contributed by atoms with E-state index in [-0.39, 0.29) is 5.41 Å². The first-order valence-electron chi connectivity index (χ1n) is 8.69. The molecule has 1 aliphatic carbocycles. The monoisotopic (exact) mass is 289 g/mol. The van der Waals surface area contributed by atoms with Crippen LogP contribution in [-0.2, 0) is 24.9 Å². The highest BCUT2D eigenvalue weighted by Crippen LogP contribution is 2.39. The van der Waals surface area contributed by atoms with E-state index in [0.29, 0.717) is 5.41 Å². The normalized spacial score (nSPS) is 22.1. The van der Waals surface area contributed by atoms with E-state index in [1.807, 2.05) is 0 Å². The standard InChI is InChI=1S/C18H31N3/c1-17(2,3)16-20-14-12-19-11-8-15(14)21(16)13-18(4)9-6-5-7-10-18/h19H,5-13H2,1-4H3. The molecule has 1 N–H and O–H groups in total. The third kappa shape index (κ3) is 3.03. The van der Waals surface area contributed by atoms with E-state index in [4.69, 9.17) is 4.98 Å². The van der Waals surface area contributed by atoms with Crippen molar-refractivity contribution >= 4 is 0 Å². The van der Waals surface area contributed by atoms with Crippen molar-refractivity contribution in [1.29, 1.82) is 0 Å². The second-order valence-corrected chi connectivity index (χ2v) is 8.46. The van der Waals surface area contributed by atoms with Gasteiger partial charge in [0.1, 0.15) is 5.82 Å². The molecule has 3 rings (SSSR count). The summed E-state index contributed by atoms with van der Waals surface area (Å²) >= 11 is 0. The molecule has 1 aromatic heterocycles. The highest BCUT2D eigenvalue weighted by molar-refractivity contribution is 5.24. The summed E-state index contributed by atoms with van der Waals surface area (Å²) in [7, 11) is 0. The van der Waals surface area contributed by atoms with Gasteiger partial charge in [-0.3, -0.25) is 0 Å². The van der Waals surface area contributed by atoms with Crippen LogP contribution in [0.2, 0.25) is 0 Å². The number of rotatable bonds is 2. The highest BCUT2D eigenvalue weighted by atomic mass is 15.1. The second-order valence-electron chi connectivity index (χ2n) is 8.46. The Labute approximate surface area is 129 Å². The van der Waals surface area contributed by atoms with Gasteiger partial charge in [0.25, 0.3) is 0 Å². The van der Waals surface area contributed by atoms with Gasteiger partial charge < -0.3 is 9.88 Å². The lowest BCUT2D eigenvalue weighted by Gasteiger charge is -2.36. The average molecular weight is 289 g/mol. The maximum Gasteiger partial charge on any atom is 0.114 e. The van der Waals surface area contributed by atoms with Gasteiger partial charge in [-0.1, -0.05) is 47.0 Å². The smallest absolute Gasteiger partial charge is 0.114 e. The van der Waals surface area contributed by atoms with Crippen LogP contribution in [0.5, 0.6) is 0 Å². The zero-order valence-corrected chi connectivity index (χ0v) is 14.3. The molecule has 0 atom stereocenters. The molecule has 0 aromatic carbocycles. The minimum atomic E-state index is 0.127. The topological polar surface area (TPSA) is 29.9 Å². The Morgan fingerprint density at radius 1 is 1.19 bits per heavy atom. The zero-order valence-electron chi connectivity index (χ0n) is 14.3. The summed E-state index contributed by atoms with van der Waals surface area (Å²) in [6, 6.07) is 0. The number of hydrogen-bond acceptors (Lipinski definition) is 2. The van der Waals surface area contributed by atoms with Crippen LogP contribution >= 0.6 is 0 Å². The van der Waals surface area contributed by atoms with Crippen molar-refractivity contribution in [1.82, 2.24) is 14.9 Å². The van der Waals surface area contributed by atoms with Crippen molar-refractivity contribution in [3.8, 4) is 0 Å². The van der Waals surface area contributed by atoms with Gasteiger partial charge in [-0.15, -0.1) is 0 Å². The summed E-state index contributed by atoms with van der Waals surface area (Å²) in [5.41, 5.74) is 3.40. The molecule has 0 radical (unpaired) electrons. The fourth-order valence-corrected chi connectivity index (χ4v) is 4.06. The molecule has 118 valence electrons. The van der Waals surface area contributed by atoms with Crippen molar-refractivity contribution in [2.75, 3.05) is 6.54 Å². The number of fused-ring (bicyclic) bond motifs is 1. The first kappa shape index (κ1) is 15.1. The average Bonchev–Trinajstić information content (AvgIpc) is 2.78. The van der Waals surface area contributed by atoms with E-state index in [2.05, 4.69) is 37.6 Å². The second kappa shape index (κ2) is 5.42. The predicted octanol–water partition coefficient (Wildman–Crippen LogP) is 3.80. The van der Waals surface area contributed by atoms with Crippen molar-refractivity contribution in [2.45, 2.75) is 84.7 Å². The first-order chi connectivity index (χ1) is 9.89. The molecule has 21 heavy (non-hydrogen) atoms. The van der Waals surface area contributed by atoms with Crippen LogP contribution in [0, 0.1) is 5.41 Å². The van der Waals surface area contributed by atoms with Gasteiger partial charge in [-0.25, -0.2) is 4.98 Å². The zero-order chi connectivity index (χ0) is 15.1. The third-order valence-corrected chi connectivity index (χ3v) is 5.26. The summed E-state index contributed by atoms with van der Waals surface area (Å²) in [5, 5.41) is 3.47. The first-order valence-corrected chi connectivity index (χ1v) is 8.69. The molecular weight excluding hydrogens is 258 g/mol. The van der Waals surface area contributed by atoms with Crippen molar-refractivity contribution in [2.24, 2.45) is 5.41 Å². The minimum absolute atomic E-state index is 0.127. The molecule has 1 fully saturated rings. The van der Waals surface area contributed by atoms with Crippen LogP contribution in [0.1, 0.15) is 77.0 Å². The van der Waals surface area contributed by atoms with Gasteiger partial charge in [0, 0.05) is 37.2 Å². The number of nitrogens with one attached hydrogen (secondary N) is 1. The van der Waals surface area contributed by atoms with Crippen LogP contribution in [0.4, 0.5) is 0 Å². The Kier molecular flexibility index (Phi) is 3.89. The molecule has 3 nitrogen and oxygen atoms in total. The van der Waals surface area contributed by atoms with Crippen LogP contribution < -0.4 is 5.32 Å². The van der Waals surface area contributed by atoms with Gasteiger partial charge in [0.15, 0.2) is 0 Å². The summed E-state index contributed by atoms with van der Waals surface area (Å²) < 4.78 is 2.60. The van der Waals surface area contributed by atoms with Gasteiger partial charge in [-0.05, 0) is 18.3 Å². The molecule has 1 saturated carbocycles. The number of aromatic nitrogens is 2. The van der Waals surface area contributed by atoms with Crippen molar-refractivity contribution < 1.29 is 0 Å². The SMILES string of the molecule is CC1(Cn2c(C(C)(C)C)nc3c2CCNC3)CCCCC1. The summed E-state index contributed by atoms with van der Waals surface area (Å²) in [6.45, 7) is 12.6. The molecule has 1 aromatic rings. The molecule has 2 aliphatic rings. The number of imidazole rings is 1. The molecule has 1 aliphatic heterocycles. The Balaban J connectivity index is 1.97. The highest BCUT2D eigenvalue weighted by Gasteiger charge is 2.33. The molecule has 0 spiro atoms. The number of hydrogen-bond donors (Lipinski definition) is 1. The van der Waals surface area contributed by atoms with Gasteiger partial charge in [0.2, 0.25) is 0 Å². The predicted molar refractivity (Wildman–Crippen MR) is 87.5 cm³/mol. The van der Waals surface area contributed by atoms with Crippen LogP contribution in [0.25, 0.3) is 0 Å². The van der Waals surface area contributed by atoms with Gasteiger partial charge >= 0.3 is 0 Å². The molecule has 0 bridgehead atoms. The van der Waals surface area contributed by atoms with E-state index < -0.39 is 0 Å². The fourth-order valence-electron chi connectivity index (χ4n) is 4.06. The van der Waals surface area contributed by atoms with Crippen LogP contribution in [0.3, 0.4) is 0 Å². The number of nitrogens with zero attached hydrogens (tertiary/aromatic N) is 2. The van der Waals surface area contributed by atoms with Crippen molar-refractivity contribution in [3.05, 3.63) is 17.2 Å². The fraction of sp³-hybridized carbons (Fsp3) is 0.833. The Morgan fingerprint density at radius 2 is 1.90 bits per heavy atom. The lowest BCUT2D eigenvalue weighted by atomic mass is 9.75. The molecular formula is C18H31N3. The Morgan fingerprint density at radius 3 is 2.57 bits per heavy atom. The lowest BCUT2D eigenvalue weighted by molar-refractivity contribution is 0.177. The van der Waals surface area contributed by atoms with E-state index >= 15 is 0 Å². The Hall–Kier alpha value is -0.830. The van der Waals surface area contributed by atoms with Gasteiger partial charge in [0.05, 0.1) is 5.69 Å².